The van der Waals surface area contributed by atoms with Crippen LogP contribution >= 0.6 is 0 Å². The summed E-state index contributed by atoms with van der Waals surface area (Å²) in [5.74, 6) is -0.990. The predicted molar refractivity (Wildman–Crippen MR) is 86.6 cm³/mol. The molecule has 24 heavy (non-hydrogen) atoms. The lowest BCUT2D eigenvalue weighted by Gasteiger charge is -2.24. The van der Waals surface area contributed by atoms with Gasteiger partial charge in [0.05, 0.1) is 28.9 Å². The minimum Gasteiger partial charge on any atom is -0.350 e. The SMILES string of the molecule is C[C@@]1(NC(=O)CCN2C(=O)[C@H]3CCCC[C@@H]3C2=O)CCS(=O)(=O)C1. The molecular formula is C16H24N2O5S. The normalized spacial score (nSPS) is 35.1. The molecule has 0 bridgehead atoms. The fourth-order valence-corrected chi connectivity index (χ4v) is 6.27. The van der Waals surface area contributed by atoms with Crippen molar-refractivity contribution in [3.8, 4) is 0 Å². The Labute approximate surface area is 142 Å². The number of amides is 3. The van der Waals surface area contributed by atoms with Gasteiger partial charge in [-0.25, -0.2) is 8.42 Å². The molecule has 1 aliphatic carbocycles. The maximum atomic E-state index is 12.3. The maximum absolute atomic E-state index is 12.3. The van der Waals surface area contributed by atoms with E-state index in [0.29, 0.717) is 6.42 Å². The Kier molecular flexibility index (Phi) is 4.44. The van der Waals surface area contributed by atoms with Crippen molar-refractivity contribution in [2.75, 3.05) is 18.1 Å². The molecule has 3 atom stereocenters. The lowest BCUT2D eigenvalue weighted by atomic mass is 9.81. The van der Waals surface area contributed by atoms with Crippen LogP contribution in [0.25, 0.3) is 0 Å². The van der Waals surface area contributed by atoms with E-state index >= 15 is 0 Å². The smallest absolute Gasteiger partial charge is 0.233 e. The van der Waals surface area contributed by atoms with Gasteiger partial charge in [-0.1, -0.05) is 12.8 Å². The first-order chi connectivity index (χ1) is 11.2. The fourth-order valence-electron chi connectivity index (χ4n) is 4.17. The van der Waals surface area contributed by atoms with E-state index in [1.165, 1.54) is 4.90 Å². The van der Waals surface area contributed by atoms with E-state index in [1.54, 1.807) is 6.92 Å². The number of rotatable bonds is 4. The van der Waals surface area contributed by atoms with E-state index < -0.39 is 15.4 Å². The number of sulfone groups is 1. The summed E-state index contributed by atoms with van der Waals surface area (Å²) in [5, 5.41) is 2.76. The lowest BCUT2D eigenvalue weighted by molar-refractivity contribution is -0.140. The van der Waals surface area contributed by atoms with Crippen molar-refractivity contribution in [3.63, 3.8) is 0 Å². The number of imide groups is 1. The van der Waals surface area contributed by atoms with Gasteiger partial charge in [-0.15, -0.1) is 0 Å². The summed E-state index contributed by atoms with van der Waals surface area (Å²) in [6.07, 6.45) is 3.88. The summed E-state index contributed by atoms with van der Waals surface area (Å²) in [6, 6.07) is 0. The van der Waals surface area contributed by atoms with Crippen molar-refractivity contribution < 1.29 is 22.8 Å². The average Bonchev–Trinajstić information content (AvgIpc) is 2.92. The summed E-state index contributed by atoms with van der Waals surface area (Å²) in [4.78, 5) is 38.1. The number of likely N-dealkylation sites (tertiary alicyclic amines) is 1. The number of nitrogens with one attached hydrogen (secondary N) is 1. The molecule has 0 aromatic rings. The van der Waals surface area contributed by atoms with Crippen LogP contribution in [0, 0.1) is 11.8 Å². The van der Waals surface area contributed by atoms with Crippen LogP contribution < -0.4 is 5.32 Å². The predicted octanol–water partition coefficient (Wildman–Crippen LogP) is 0.245. The summed E-state index contributed by atoms with van der Waals surface area (Å²) in [5.41, 5.74) is -0.747. The minimum atomic E-state index is -3.10. The first-order valence-electron chi connectivity index (χ1n) is 8.57. The molecule has 7 nitrogen and oxygen atoms in total. The number of hydrogen-bond acceptors (Lipinski definition) is 5. The summed E-state index contributed by atoms with van der Waals surface area (Å²) in [6.45, 7) is 1.80. The third-order valence-electron chi connectivity index (χ3n) is 5.44. The van der Waals surface area contributed by atoms with Gasteiger partial charge in [-0.2, -0.15) is 0 Å². The van der Waals surface area contributed by atoms with Crippen LogP contribution in [0.15, 0.2) is 0 Å². The standard InChI is InChI=1S/C16H24N2O5S/c1-16(7-9-24(22,23)10-16)17-13(19)6-8-18-14(20)11-4-2-3-5-12(11)15(18)21/h11-12H,2-10H2,1H3,(H,17,19)/t11-,12-,16+/m0/s1. The lowest BCUT2D eigenvalue weighted by Crippen LogP contribution is -2.48. The topological polar surface area (TPSA) is 101 Å². The monoisotopic (exact) mass is 356 g/mol. The van der Waals surface area contributed by atoms with Gasteiger partial charge in [-0.3, -0.25) is 19.3 Å². The zero-order valence-electron chi connectivity index (χ0n) is 13.9. The molecule has 3 amide bonds. The number of carbonyl (C=O) groups is 3. The Morgan fingerprint density at radius 1 is 1.21 bits per heavy atom. The highest BCUT2D eigenvalue weighted by Crippen LogP contribution is 2.38. The van der Waals surface area contributed by atoms with Crippen molar-refractivity contribution in [1.29, 1.82) is 0 Å². The number of nitrogens with zero attached hydrogens (tertiary/aromatic N) is 1. The molecule has 0 aromatic heterocycles. The van der Waals surface area contributed by atoms with Crippen LogP contribution in [-0.4, -0.2) is 54.6 Å². The number of carbonyl (C=O) groups excluding carboxylic acids is 3. The second-order valence-corrected chi connectivity index (χ2v) is 9.71. The first kappa shape index (κ1) is 17.4. The molecule has 3 rings (SSSR count). The molecule has 2 heterocycles. The highest BCUT2D eigenvalue weighted by molar-refractivity contribution is 7.91. The van der Waals surface area contributed by atoms with Crippen molar-refractivity contribution in [2.45, 2.75) is 51.0 Å². The zero-order valence-corrected chi connectivity index (χ0v) is 14.7. The van der Waals surface area contributed by atoms with Gasteiger partial charge in [0, 0.05) is 13.0 Å². The van der Waals surface area contributed by atoms with Crippen molar-refractivity contribution >= 4 is 27.6 Å². The summed E-state index contributed by atoms with van der Waals surface area (Å²) >= 11 is 0. The Bertz CT molecular complexity index is 650. The minimum absolute atomic E-state index is 0.0204. The van der Waals surface area contributed by atoms with Crippen molar-refractivity contribution in [2.24, 2.45) is 11.8 Å². The fraction of sp³-hybridized carbons (Fsp3) is 0.812. The van der Waals surface area contributed by atoms with Gasteiger partial charge in [0.25, 0.3) is 0 Å². The van der Waals surface area contributed by atoms with Crippen LogP contribution in [0.3, 0.4) is 0 Å². The molecule has 8 heteroatoms. The Balaban J connectivity index is 1.55. The molecule has 134 valence electrons. The Morgan fingerprint density at radius 2 is 1.79 bits per heavy atom. The molecule has 2 saturated heterocycles. The second kappa shape index (κ2) is 6.13. The van der Waals surface area contributed by atoms with Gasteiger partial charge in [0.15, 0.2) is 9.84 Å². The van der Waals surface area contributed by atoms with Gasteiger partial charge in [-0.05, 0) is 26.2 Å². The Morgan fingerprint density at radius 3 is 2.29 bits per heavy atom. The first-order valence-corrected chi connectivity index (χ1v) is 10.4. The van der Waals surface area contributed by atoms with Crippen LogP contribution in [0.5, 0.6) is 0 Å². The van der Waals surface area contributed by atoms with Crippen molar-refractivity contribution in [3.05, 3.63) is 0 Å². The van der Waals surface area contributed by atoms with Gasteiger partial charge in [0.2, 0.25) is 17.7 Å². The average molecular weight is 356 g/mol. The number of fused-ring (bicyclic) bond motifs is 1. The molecule has 2 aliphatic heterocycles. The molecule has 3 fully saturated rings. The van der Waals surface area contributed by atoms with E-state index in [0.717, 1.165) is 25.7 Å². The van der Waals surface area contributed by atoms with E-state index in [1.807, 2.05) is 0 Å². The second-order valence-electron chi connectivity index (χ2n) is 7.53. The van der Waals surface area contributed by atoms with E-state index in [2.05, 4.69) is 5.32 Å². The molecule has 0 radical (unpaired) electrons. The van der Waals surface area contributed by atoms with Crippen LogP contribution in [0.2, 0.25) is 0 Å². The maximum Gasteiger partial charge on any atom is 0.233 e. The highest BCUT2D eigenvalue weighted by Gasteiger charge is 2.48. The molecule has 3 aliphatic rings. The Hall–Kier alpha value is -1.44. The molecule has 0 unspecified atom stereocenters. The van der Waals surface area contributed by atoms with Gasteiger partial charge in [0.1, 0.15) is 0 Å². The molecular weight excluding hydrogens is 332 g/mol. The molecule has 0 aromatic carbocycles. The van der Waals surface area contributed by atoms with Crippen LogP contribution in [0.4, 0.5) is 0 Å². The van der Waals surface area contributed by atoms with E-state index in [-0.39, 0.29) is 54.0 Å². The molecule has 1 saturated carbocycles. The van der Waals surface area contributed by atoms with Crippen LogP contribution in [-0.2, 0) is 24.2 Å². The summed E-state index contributed by atoms with van der Waals surface area (Å²) in [7, 11) is -3.10. The molecule has 1 N–H and O–H groups in total. The third kappa shape index (κ3) is 3.34. The van der Waals surface area contributed by atoms with Crippen LogP contribution in [0.1, 0.15) is 45.4 Å². The largest absolute Gasteiger partial charge is 0.350 e. The highest BCUT2D eigenvalue weighted by atomic mass is 32.2. The quantitative estimate of drug-likeness (QED) is 0.728. The van der Waals surface area contributed by atoms with Gasteiger partial charge >= 0.3 is 0 Å². The van der Waals surface area contributed by atoms with E-state index in [9.17, 15) is 22.8 Å². The number of hydrogen-bond donors (Lipinski definition) is 1. The summed E-state index contributed by atoms with van der Waals surface area (Å²) < 4.78 is 23.2. The van der Waals surface area contributed by atoms with Crippen molar-refractivity contribution in [1.82, 2.24) is 10.2 Å². The third-order valence-corrected chi connectivity index (χ3v) is 7.34. The van der Waals surface area contributed by atoms with Gasteiger partial charge < -0.3 is 5.32 Å². The zero-order chi connectivity index (χ0) is 17.5. The van der Waals surface area contributed by atoms with E-state index in [4.69, 9.17) is 0 Å². The molecule has 0 spiro atoms.